The second-order valence-electron chi connectivity index (χ2n) is 4.44. The number of rotatable bonds is 5. The molecule has 0 saturated carbocycles. The molecule has 0 spiro atoms. The molecule has 4 nitrogen and oxygen atoms in total. The summed E-state index contributed by atoms with van der Waals surface area (Å²) < 4.78 is 5.56. The molecule has 0 aliphatic heterocycles. The average molecular weight is 248 g/mol. The van der Waals surface area contributed by atoms with Crippen LogP contribution in [0.3, 0.4) is 0 Å². The Morgan fingerprint density at radius 2 is 2.22 bits per heavy atom. The maximum Gasteiger partial charge on any atom is 0.344 e. The molecule has 0 fully saturated rings. The van der Waals surface area contributed by atoms with Gasteiger partial charge in [0.25, 0.3) is 0 Å². The van der Waals surface area contributed by atoms with E-state index in [0.29, 0.717) is 30.6 Å². The lowest BCUT2D eigenvalue weighted by atomic mass is 10.1. The van der Waals surface area contributed by atoms with Gasteiger partial charge in [-0.25, -0.2) is 4.79 Å². The summed E-state index contributed by atoms with van der Waals surface area (Å²) in [6.45, 7) is 1.91. The largest absolute Gasteiger partial charge is 0.479 e. The van der Waals surface area contributed by atoms with Crippen molar-refractivity contribution in [1.29, 1.82) is 0 Å². The van der Waals surface area contributed by atoms with Crippen molar-refractivity contribution in [2.45, 2.75) is 38.7 Å². The number of ether oxygens (including phenoxy) is 1. The molecule has 0 radical (unpaired) electrons. The highest BCUT2D eigenvalue weighted by Gasteiger charge is 2.25. The first-order valence-corrected chi connectivity index (χ1v) is 6.18. The third kappa shape index (κ3) is 2.37. The molecule has 4 heteroatoms. The van der Waals surface area contributed by atoms with Gasteiger partial charge in [0.15, 0.2) is 11.9 Å². The molecule has 1 aliphatic carbocycles. The van der Waals surface area contributed by atoms with Crippen LogP contribution in [0.25, 0.3) is 0 Å². The molecule has 1 atom stereocenters. The number of ketones is 1. The van der Waals surface area contributed by atoms with Crippen LogP contribution in [0.15, 0.2) is 18.2 Å². The molecule has 1 aromatic carbocycles. The minimum atomic E-state index is -0.959. The van der Waals surface area contributed by atoms with Gasteiger partial charge in [0.2, 0.25) is 0 Å². The molecule has 1 aromatic rings. The predicted octanol–water partition coefficient (Wildman–Crippen LogP) is 2.45. The second kappa shape index (κ2) is 5.21. The van der Waals surface area contributed by atoms with Crippen molar-refractivity contribution < 1.29 is 19.4 Å². The van der Waals surface area contributed by atoms with Crippen LogP contribution in [0.5, 0.6) is 5.75 Å². The van der Waals surface area contributed by atoms with E-state index in [0.717, 1.165) is 12.0 Å². The van der Waals surface area contributed by atoms with Crippen molar-refractivity contribution in [2.75, 3.05) is 0 Å². The van der Waals surface area contributed by atoms with E-state index in [2.05, 4.69) is 0 Å². The van der Waals surface area contributed by atoms with Gasteiger partial charge in [-0.15, -0.1) is 0 Å². The van der Waals surface area contributed by atoms with Crippen molar-refractivity contribution in [3.8, 4) is 5.75 Å². The van der Waals surface area contributed by atoms with E-state index in [-0.39, 0.29) is 5.78 Å². The lowest BCUT2D eigenvalue weighted by molar-refractivity contribution is -0.145. The van der Waals surface area contributed by atoms with Crippen LogP contribution in [-0.2, 0) is 11.2 Å². The number of benzene rings is 1. The van der Waals surface area contributed by atoms with Crippen LogP contribution in [0.1, 0.15) is 42.1 Å². The van der Waals surface area contributed by atoms with Gasteiger partial charge in [-0.2, -0.15) is 0 Å². The SMILES string of the molecule is CCCC(Oc1cccc2c1CCC2=O)C(=O)O. The summed E-state index contributed by atoms with van der Waals surface area (Å²) in [7, 11) is 0. The molecular weight excluding hydrogens is 232 g/mol. The fourth-order valence-corrected chi connectivity index (χ4v) is 2.22. The molecule has 0 heterocycles. The van der Waals surface area contributed by atoms with E-state index in [4.69, 9.17) is 9.84 Å². The summed E-state index contributed by atoms with van der Waals surface area (Å²) in [6.07, 6.45) is 1.50. The van der Waals surface area contributed by atoms with E-state index in [9.17, 15) is 9.59 Å². The number of carboxylic acid groups (broad SMARTS) is 1. The van der Waals surface area contributed by atoms with Gasteiger partial charge in [-0.05, 0) is 18.9 Å². The van der Waals surface area contributed by atoms with Gasteiger partial charge in [0.05, 0.1) is 0 Å². The van der Waals surface area contributed by atoms with Crippen molar-refractivity contribution in [3.05, 3.63) is 29.3 Å². The lowest BCUT2D eigenvalue weighted by Crippen LogP contribution is -2.27. The maximum atomic E-state index is 11.6. The molecule has 1 unspecified atom stereocenters. The van der Waals surface area contributed by atoms with Gasteiger partial charge < -0.3 is 9.84 Å². The van der Waals surface area contributed by atoms with E-state index >= 15 is 0 Å². The summed E-state index contributed by atoms with van der Waals surface area (Å²) in [5.74, 6) is -0.309. The van der Waals surface area contributed by atoms with Crippen LogP contribution in [0.4, 0.5) is 0 Å². The van der Waals surface area contributed by atoms with Crippen LogP contribution in [0, 0.1) is 0 Å². The van der Waals surface area contributed by atoms with E-state index in [1.54, 1.807) is 18.2 Å². The number of carboxylic acids is 1. The molecule has 0 bridgehead atoms. The maximum absolute atomic E-state index is 11.6. The third-order valence-electron chi connectivity index (χ3n) is 3.13. The zero-order chi connectivity index (χ0) is 13.1. The highest BCUT2D eigenvalue weighted by Crippen LogP contribution is 2.31. The van der Waals surface area contributed by atoms with Crippen LogP contribution < -0.4 is 4.74 Å². The predicted molar refractivity (Wildman–Crippen MR) is 66.1 cm³/mol. The Bertz CT molecular complexity index is 479. The van der Waals surface area contributed by atoms with Crippen molar-refractivity contribution in [2.24, 2.45) is 0 Å². The van der Waals surface area contributed by atoms with Gasteiger partial charge in [-0.3, -0.25) is 4.79 Å². The molecular formula is C14H16O4. The number of fused-ring (bicyclic) bond motifs is 1. The van der Waals surface area contributed by atoms with E-state index in [1.807, 2.05) is 6.92 Å². The smallest absolute Gasteiger partial charge is 0.344 e. The first kappa shape index (κ1) is 12.6. The van der Waals surface area contributed by atoms with Crippen molar-refractivity contribution in [1.82, 2.24) is 0 Å². The fourth-order valence-electron chi connectivity index (χ4n) is 2.22. The van der Waals surface area contributed by atoms with Gasteiger partial charge in [-0.1, -0.05) is 25.5 Å². The Morgan fingerprint density at radius 1 is 1.44 bits per heavy atom. The Labute approximate surface area is 106 Å². The highest BCUT2D eigenvalue weighted by atomic mass is 16.5. The van der Waals surface area contributed by atoms with Crippen LogP contribution in [-0.4, -0.2) is 23.0 Å². The second-order valence-corrected chi connectivity index (χ2v) is 4.44. The van der Waals surface area contributed by atoms with Gasteiger partial charge in [0.1, 0.15) is 5.75 Å². The lowest BCUT2D eigenvalue weighted by Gasteiger charge is -2.16. The third-order valence-corrected chi connectivity index (χ3v) is 3.13. The van der Waals surface area contributed by atoms with E-state index in [1.165, 1.54) is 0 Å². The fraction of sp³-hybridized carbons (Fsp3) is 0.429. The molecule has 2 rings (SSSR count). The molecule has 1 aliphatic rings. The quantitative estimate of drug-likeness (QED) is 0.869. The number of aliphatic carboxylic acids is 1. The molecule has 96 valence electrons. The van der Waals surface area contributed by atoms with Crippen molar-refractivity contribution in [3.63, 3.8) is 0 Å². The number of carbonyl (C=O) groups is 2. The monoisotopic (exact) mass is 248 g/mol. The Hall–Kier alpha value is -1.84. The van der Waals surface area contributed by atoms with Crippen LogP contribution >= 0.6 is 0 Å². The number of Topliss-reactive ketones (excluding diaryl/α,β-unsaturated/α-hetero) is 1. The van der Waals surface area contributed by atoms with Gasteiger partial charge >= 0.3 is 5.97 Å². The minimum Gasteiger partial charge on any atom is -0.479 e. The summed E-state index contributed by atoms with van der Waals surface area (Å²) in [4.78, 5) is 22.7. The van der Waals surface area contributed by atoms with Gasteiger partial charge in [0, 0.05) is 17.5 Å². The number of carbonyl (C=O) groups excluding carboxylic acids is 1. The molecule has 1 N–H and O–H groups in total. The topological polar surface area (TPSA) is 63.6 Å². The molecule has 0 amide bonds. The Kier molecular flexibility index (Phi) is 3.65. The Balaban J connectivity index is 2.24. The Morgan fingerprint density at radius 3 is 2.89 bits per heavy atom. The average Bonchev–Trinajstić information content (AvgIpc) is 2.72. The zero-order valence-electron chi connectivity index (χ0n) is 10.3. The molecule has 18 heavy (non-hydrogen) atoms. The summed E-state index contributed by atoms with van der Waals surface area (Å²) in [6, 6.07) is 5.25. The highest BCUT2D eigenvalue weighted by molar-refractivity contribution is 6.01. The van der Waals surface area contributed by atoms with Crippen molar-refractivity contribution >= 4 is 11.8 Å². The zero-order valence-corrected chi connectivity index (χ0v) is 10.3. The standard InChI is InChI=1S/C14H16O4/c1-2-4-13(14(16)17)18-12-6-3-5-9-10(12)7-8-11(9)15/h3,5-6,13H,2,4,7-8H2,1H3,(H,16,17). The first-order valence-electron chi connectivity index (χ1n) is 6.18. The van der Waals surface area contributed by atoms with Crippen LogP contribution in [0.2, 0.25) is 0 Å². The summed E-state index contributed by atoms with van der Waals surface area (Å²) >= 11 is 0. The first-order chi connectivity index (χ1) is 8.63. The summed E-state index contributed by atoms with van der Waals surface area (Å²) in [5.41, 5.74) is 1.53. The minimum absolute atomic E-state index is 0.109. The van der Waals surface area contributed by atoms with E-state index < -0.39 is 12.1 Å². The summed E-state index contributed by atoms with van der Waals surface area (Å²) in [5, 5.41) is 9.07. The number of hydrogen-bond donors (Lipinski definition) is 1. The molecule has 0 saturated heterocycles. The normalized spacial score (nSPS) is 15.3. The molecule has 0 aromatic heterocycles. The number of hydrogen-bond acceptors (Lipinski definition) is 3.